The van der Waals surface area contributed by atoms with E-state index < -0.39 is 0 Å². The molecule has 0 bridgehead atoms. The number of aliphatic imine (C=N–C) groups is 1. The third-order valence-electron chi connectivity index (χ3n) is 4.04. The first kappa shape index (κ1) is 20.9. The van der Waals surface area contributed by atoms with Gasteiger partial charge in [-0.15, -0.1) is 24.0 Å². The standard InChI is InChI=1S/C20H22FN5.HI/c1-15-8-9-16(10-19(15)21)11-23-20(22-2)24-12-17-13-25-26(14-17)18-6-4-3-5-7-18;/h3-10,13-14H,11-12H2,1-2H3,(H2,22,23,24);1H. The Kier molecular flexibility index (Phi) is 7.78. The van der Waals surface area contributed by atoms with Gasteiger partial charge in [-0.2, -0.15) is 5.10 Å². The highest BCUT2D eigenvalue weighted by Gasteiger charge is 2.04. The molecule has 0 atom stereocenters. The Bertz CT molecular complexity index is 892. The van der Waals surface area contributed by atoms with Gasteiger partial charge in [-0.05, 0) is 36.2 Å². The van der Waals surface area contributed by atoms with Crippen molar-refractivity contribution in [3.8, 4) is 5.69 Å². The number of rotatable bonds is 5. The van der Waals surface area contributed by atoms with Gasteiger partial charge in [0, 0.05) is 31.9 Å². The first-order chi connectivity index (χ1) is 12.7. The van der Waals surface area contributed by atoms with Crippen LogP contribution in [0.4, 0.5) is 4.39 Å². The fourth-order valence-electron chi connectivity index (χ4n) is 2.51. The number of aryl methyl sites for hydroxylation is 1. The maximum Gasteiger partial charge on any atom is 0.191 e. The van der Waals surface area contributed by atoms with E-state index in [1.165, 1.54) is 0 Å². The molecular weight excluding hydrogens is 456 g/mol. The highest BCUT2D eigenvalue weighted by atomic mass is 127. The van der Waals surface area contributed by atoms with Gasteiger partial charge in [0.25, 0.3) is 0 Å². The van der Waals surface area contributed by atoms with Crippen molar-refractivity contribution in [1.29, 1.82) is 0 Å². The number of benzene rings is 2. The third-order valence-corrected chi connectivity index (χ3v) is 4.04. The lowest BCUT2D eigenvalue weighted by atomic mass is 10.1. The van der Waals surface area contributed by atoms with E-state index in [1.807, 2.05) is 53.5 Å². The highest BCUT2D eigenvalue weighted by Crippen LogP contribution is 2.09. The number of nitrogens with zero attached hydrogens (tertiary/aromatic N) is 3. The minimum atomic E-state index is -0.194. The Morgan fingerprint density at radius 2 is 1.78 bits per heavy atom. The molecule has 0 amide bonds. The van der Waals surface area contributed by atoms with E-state index in [1.54, 1.807) is 26.1 Å². The van der Waals surface area contributed by atoms with Gasteiger partial charge < -0.3 is 10.6 Å². The van der Waals surface area contributed by atoms with E-state index >= 15 is 0 Å². The largest absolute Gasteiger partial charge is 0.352 e. The molecule has 0 aliphatic rings. The summed E-state index contributed by atoms with van der Waals surface area (Å²) < 4.78 is 15.4. The summed E-state index contributed by atoms with van der Waals surface area (Å²) in [7, 11) is 1.71. The molecule has 0 saturated carbocycles. The van der Waals surface area contributed by atoms with Crippen LogP contribution in [0, 0.1) is 12.7 Å². The van der Waals surface area contributed by atoms with E-state index in [0.717, 1.165) is 16.8 Å². The van der Waals surface area contributed by atoms with Gasteiger partial charge in [0.2, 0.25) is 0 Å². The zero-order valence-corrected chi connectivity index (χ0v) is 17.6. The molecular formula is C20H23FIN5. The zero-order chi connectivity index (χ0) is 18.4. The summed E-state index contributed by atoms with van der Waals surface area (Å²) >= 11 is 0. The lowest BCUT2D eigenvalue weighted by Crippen LogP contribution is -2.36. The van der Waals surface area contributed by atoms with Crippen LogP contribution in [-0.2, 0) is 13.1 Å². The number of hydrogen-bond acceptors (Lipinski definition) is 2. The number of guanidine groups is 1. The van der Waals surface area contributed by atoms with Crippen LogP contribution in [0.5, 0.6) is 0 Å². The maximum atomic E-state index is 13.6. The van der Waals surface area contributed by atoms with Crippen molar-refractivity contribution in [2.24, 2.45) is 4.99 Å². The maximum absolute atomic E-state index is 13.6. The van der Waals surface area contributed by atoms with E-state index in [4.69, 9.17) is 0 Å². The summed E-state index contributed by atoms with van der Waals surface area (Å²) in [5, 5.41) is 10.8. The predicted octanol–water partition coefficient (Wildman–Crippen LogP) is 3.80. The smallest absolute Gasteiger partial charge is 0.191 e. The highest BCUT2D eigenvalue weighted by molar-refractivity contribution is 14.0. The van der Waals surface area contributed by atoms with Gasteiger partial charge in [0.05, 0.1) is 11.9 Å². The van der Waals surface area contributed by atoms with Gasteiger partial charge in [0.1, 0.15) is 5.82 Å². The molecule has 3 aromatic rings. The van der Waals surface area contributed by atoms with Crippen LogP contribution >= 0.6 is 24.0 Å². The predicted molar refractivity (Wildman–Crippen MR) is 117 cm³/mol. The lowest BCUT2D eigenvalue weighted by molar-refractivity contribution is 0.615. The molecule has 0 spiro atoms. The number of halogens is 2. The second-order valence-corrected chi connectivity index (χ2v) is 5.99. The van der Waals surface area contributed by atoms with Crippen molar-refractivity contribution >= 4 is 29.9 Å². The minimum Gasteiger partial charge on any atom is -0.352 e. The van der Waals surface area contributed by atoms with Crippen molar-refractivity contribution in [1.82, 2.24) is 20.4 Å². The molecule has 0 unspecified atom stereocenters. The molecule has 0 radical (unpaired) electrons. The molecule has 0 saturated heterocycles. The second kappa shape index (κ2) is 10.1. The quantitative estimate of drug-likeness (QED) is 0.333. The molecule has 1 aromatic heterocycles. The Labute approximate surface area is 175 Å². The lowest BCUT2D eigenvalue weighted by Gasteiger charge is -2.11. The molecule has 3 rings (SSSR count). The monoisotopic (exact) mass is 479 g/mol. The summed E-state index contributed by atoms with van der Waals surface area (Å²) in [6.07, 6.45) is 3.80. The third kappa shape index (κ3) is 5.78. The van der Waals surface area contributed by atoms with Crippen molar-refractivity contribution in [2.45, 2.75) is 20.0 Å². The number of hydrogen-bond donors (Lipinski definition) is 2. The van der Waals surface area contributed by atoms with Crippen molar-refractivity contribution in [3.63, 3.8) is 0 Å². The Hall–Kier alpha value is -2.42. The van der Waals surface area contributed by atoms with E-state index in [0.29, 0.717) is 24.6 Å². The summed E-state index contributed by atoms with van der Waals surface area (Å²) in [5.74, 6) is 0.457. The number of aromatic nitrogens is 2. The van der Waals surface area contributed by atoms with Crippen LogP contribution in [0.15, 0.2) is 65.9 Å². The van der Waals surface area contributed by atoms with Crippen LogP contribution < -0.4 is 10.6 Å². The summed E-state index contributed by atoms with van der Waals surface area (Å²) in [6, 6.07) is 15.2. The number of nitrogens with one attached hydrogen (secondary N) is 2. The van der Waals surface area contributed by atoms with Crippen molar-refractivity contribution < 1.29 is 4.39 Å². The SMILES string of the molecule is CN=C(NCc1ccc(C)c(F)c1)NCc1cnn(-c2ccccc2)c1.I. The molecule has 0 aliphatic carbocycles. The first-order valence-corrected chi connectivity index (χ1v) is 8.44. The van der Waals surface area contributed by atoms with E-state index in [9.17, 15) is 4.39 Å². The molecule has 2 aromatic carbocycles. The molecule has 142 valence electrons. The molecule has 1 heterocycles. The fraction of sp³-hybridized carbons (Fsp3) is 0.200. The molecule has 5 nitrogen and oxygen atoms in total. The van der Waals surface area contributed by atoms with Gasteiger partial charge in [-0.25, -0.2) is 9.07 Å². The van der Waals surface area contributed by atoms with Gasteiger partial charge >= 0.3 is 0 Å². The molecule has 2 N–H and O–H groups in total. The Morgan fingerprint density at radius 3 is 2.44 bits per heavy atom. The van der Waals surface area contributed by atoms with Crippen LogP contribution in [0.1, 0.15) is 16.7 Å². The van der Waals surface area contributed by atoms with E-state index in [-0.39, 0.29) is 29.8 Å². The summed E-state index contributed by atoms with van der Waals surface area (Å²) in [4.78, 5) is 4.20. The van der Waals surface area contributed by atoms with Crippen molar-refractivity contribution in [2.75, 3.05) is 7.05 Å². The van der Waals surface area contributed by atoms with Crippen molar-refractivity contribution in [3.05, 3.63) is 83.4 Å². The van der Waals surface area contributed by atoms with Gasteiger partial charge in [-0.1, -0.05) is 30.3 Å². The first-order valence-electron chi connectivity index (χ1n) is 8.44. The minimum absolute atomic E-state index is 0. The molecule has 7 heteroatoms. The fourth-order valence-corrected chi connectivity index (χ4v) is 2.51. The molecule has 27 heavy (non-hydrogen) atoms. The van der Waals surface area contributed by atoms with Gasteiger partial charge in [-0.3, -0.25) is 4.99 Å². The second-order valence-electron chi connectivity index (χ2n) is 5.99. The van der Waals surface area contributed by atoms with Crippen LogP contribution in [-0.4, -0.2) is 22.8 Å². The van der Waals surface area contributed by atoms with E-state index in [2.05, 4.69) is 20.7 Å². The topological polar surface area (TPSA) is 54.2 Å². The van der Waals surface area contributed by atoms with Crippen LogP contribution in [0.3, 0.4) is 0 Å². The van der Waals surface area contributed by atoms with Crippen LogP contribution in [0.2, 0.25) is 0 Å². The average molecular weight is 479 g/mol. The summed E-state index contributed by atoms with van der Waals surface area (Å²) in [6.45, 7) is 2.84. The normalized spacial score (nSPS) is 11.0. The summed E-state index contributed by atoms with van der Waals surface area (Å²) in [5.41, 5.74) is 3.57. The molecule has 0 aliphatic heterocycles. The van der Waals surface area contributed by atoms with Gasteiger partial charge in [0.15, 0.2) is 5.96 Å². The Balaban J connectivity index is 0.00000261. The zero-order valence-electron chi connectivity index (χ0n) is 15.3. The average Bonchev–Trinajstić information content (AvgIpc) is 3.14. The Morgan fingerprint density at radius 1 is 1.07 bits per heavy atom. The van der Waals surface area contributed by atoms with Crippen LogP contribution in [0.25, 0.3) is 5.69 Å². The number of para-hydroxylation sites is 1. The molecule has 0 fully saturated rings.